The quantitative estimate of drug-likeness (QED) is 0.154. The number of aromatic carboxylic acids is 1. The Bertz CT molecular complexity index is 1730. The standard InChI is InChI=1S/C33H34N4O4S2/c1-5-21-17-37(16-20-9-7-6-8-10-20)18-25-26(21)28-27(22-13-23(40-3)15-24(14-22)41-4)29(32(38)39)30(36-31(28)43-25)19(2)42-33-34-11-12-35-33/h6-15,19,21H,5,16-18H2,1-4H3,(H,34,35)(H,38,39). The molecular weight excluding hydrogens is 581 g/mol. The molecule has 5 aromatic rings. The van der Waals surface area contributed by atoms with Gasteiger partial charge in [-0.2, -0.15) is 0 Å². The van der Waals surface area contributed by atoms with Crippen LogP contribution in [0.25, 0.3) is 21.3 Å². The summed E-state index contributed by atoms with van der Waals surface area (Å²) in [6.45, 7) is 6.73. The number of aromatic amines is 1. The van der Waals surface area contributed by atoms with Gasteiger partial charge in [-0.1, -0.05) is 49.0 Å². The molecule has 0 aliphatic carbocycles. The van der Waals surface area contributed by atoms with Gasteiger partial charge >= 0.3 is 5.97 Å². The van der Waals surface area contributed by atoms with Crippen molar-refractivity contribution >= 4 is 39.3 Å². The number of H-pyrrole nitrogens is 1. The van der Waals surface area contributed by atoms with Gasteiger partial charge in [0.2, 0.25) is 0 Å². The van der Waals surface area contributed by atoms with Crippen molar-refractivity contribution in [2.45, 2.75) is 49.7 Å². The average molecular weight is 615 g/mol. The second-order valence-electron chi connectivity index (χ2n) is 10.7. The summed E-state index contributed by atoms with van der Waals surface area (Å²) in [5.41, 5.74) is 4.63. The van der Waals surface area contributed by atoms with Crippen LogP contribution in [0, 0.1) is 0 Å². The van der Waals surface area contributed by atoms with Crippen molar-refractivity contribution in [2.24, 2.45) is 0 Å². The highest BCUT2D eigenvalue weighted by Gasteiger charge is 2.34. The fourth-order valence-corrected chi connectivity index (χ4v) is 8.21. The number of aromatic nitrogens is 3. The molecule has 0 radical (unpaired) electrons. The number of pyridine rings is 1. The topological polar surface area (TPSA) is 101 Å². The van der Waals surface area contributed by atoms with E-state index in [9.17, 15) is 9.90 Å². The van der Waals surface area contributed by atoms with E-state index in [1.165, 1.54) is 27.8 Å². The number of carbonyl (C=O) groups is 1. The maximum atomic E-state index is 13.2. The van der Waals surface area contributed by atoms with Gasteiger partial charge < -0.3 is 19.6 Å². The summed E-state index contributed by atoms with van der Waals surface area (Å²) in [7, 11) is 3.21. The molecule has 0 spiro atoms. The molecule has 0 bridgehead atoms. The molecule has 43 heavy (non-hydrogen) atoms. The van der Waals surface area contributed by atoms with Crippen LogP contribution in [0.4, 0.5) is 0 Å². The predicted octanol–water partition coefficient (Wildman–Crippen LogP) is 7.76. The van der Waals surface area contributed by atoms with Gasteiger partial charge in [-0.05, 0) is 48.1 Å². The Labute approximate surface area is 259 Å². The third-order valence-corrected chi connectivity index (χ3v) is 10.1. The normalized spacial score (nSPS) is 15.8. The zero-order chi connectivity index (χ0) is 30.1. The number of methoxy groups -OCH3 is 2. The van der Waals surface area contributed by atoms with Crippen LogP contribution in [0.15, 0.2) is 66.1 Å². The first-order valence-corrected chi connectivity index (χ1v) is 16.0. The molecule has 3 aromatic heterocycles. The molecule has 2 N–H and O–H groups in total. The van der Waals surface area contributed by atoms with Crippen molar-refractivity contribution in [3.05, 3.63) is 88.2 Å². The van der Waals surface area contributed by atoms with Gasteiger partial charge in [-0.15, -0.1) is 11.3 Å². The van der Waals surface area contributed by atoms with Crippen LogP contribution in [0.1, 0.15) is 63.5 Å². The van der Waals surface area contributed by atoms with Crippen LogP contribution >= 0.6 is 23.1 Å². The number of benzene rings is 2. The molecule has 2 aromatic carbocycles. The maximum absolute atomic E-state index is 13.2. The number of thioether (sulfide) groups is 1. The van der Waals surface area contributed by atoms with Crippen LogP contribution in [-0.4, -0.2) is 51.7 Å². The Hall–Kier alpha value is -3.86. The van der Waals surface area contributed by atoms with Gasteiger partial charge in [0.05, 0.1) is 30.7 Å². The third kappa shape index (κ3) is 5.74. The fraction of sp³-hybridized carbons (Fsp3) is 0.303. The molecular formula is C33H34N4O4S2. The van der Waals surface area contributed by atoms with Gasteiger partial charge in [0.1, 0.15) is 16.3 Å². The molecule has 0 fully saturated rings. The van der Waals surface area contributed by atoms with E-state index < -0.39 is 5.97 Å². The van der Waals surface area contributed by atoms with E-state index in [1.54, 1.807) is 44.0 Å². The van der Waals surface area contributed by atoms with Gasteiger partial charge in [-0.3, -0.25) is 4.90 Å². The van der Waals surface area contributed by atoms with E-state index in [1.807, 2.05) is 25.1 Å². The number of rotatable bonds is 10. The minimum Gasteiger partial charge on any atom is -0.497 e. The Balaban J connectivity index is 1.59. The van der Waals surface area contributed by atoms with Crippen molar-refractivity contribution in [1.82, 2.24) is 19.9 Å². The largest absolute Gasteiger partial charge is 0.497 e. The molecule has 0 saturated heterocycles. The van der Waals surface area contributed by atoms with Crippen LogP contribution < -0.4 is 9.47 Å². The molecule has 2 unspecified atom stereocenters. The van der Waals surface area contributed by atoms with E-state index in [-0.39, 0.29) is 16.7 Å². The van der Waals surface area contributed by atoms with Gasteiger partial charge in [0, 0.05) is 53.9 Å². The van der Waals surface area contributed by atoms with E-state index in [4.69, 9.17) is 14.5 Å². The molecule has 1 aliphatic heterocycles. The number of ether oxygens (including phenoxy) is 2. The highest BCUT2D eigenvalue weighted by molar-refractivity contribution is 7.99. The molecule has 222 valence electrons. The smallest absolute Gasteiger partial charge is 0.338 e. The van der Waals surface area contributed by atoms with Crippen molar-refractivity contribution in [3.63, 3.8) is 0 Å². The monoisotopic (exact) mass is 614 g/mol. The van der Waals surface area contributed by atoms with Crippen LogP contribution in [-0.2, 0) is 13.1 Å². The lowest BCUT2D eigenvalue weighted by Gasteiger charge is -2.33. The first-order chi connectivity index (χ1) is 20.9. The summed E-state index contributed by atoms with van der Waals surface area (Å²) < 4.78 is 11.2. The molecule has 1 aliphatic rings. The van der Waals surface area contributed by atoms with Crippen molar-refractivity contribution in [2.75, 3.05) is 20.8 Å². The van der Waals surface area contributed by atoms with Crippen molar-refractivity contribution in [1.29, 1.82) is 0 Å². The predicted molar refractivity (Wildman–Crippen MR) is 172 cm³/mol. The summed E-state index contributed by atoms with van der Waals surface area (Å²) >= 11 is 3.14. The van der Waals surface area contributed by atoms with E-state index >= 15 is 0 Å². The summed E-state index contributed by atoms with van der Waals surface area (Å²) in [5, 5.41) is 12.2. The lowest BCUT2D eigenvalue weighted by atomic mass is 9.85. The first-order valence-electron chi connectivity index (χ1n) is 14.3. The average Bonchev–Trinajstić information content (AvgIpc) is 3.67. The first kappa shape index (κ1) is 29.2. The minimum atomic E-state index is -1.01. The SMILES string of the molecule is CCC1CN(Cc2ccccc2)Cc2sc3nc(C(C)Sc4ncc[nH]4)c(C(=O)O)c(-c4cc(OC)cc(OC)c4)c3c21. The number of hydrogen-bond donors (Lipinski definition) is 2. The molecule has 0 saturated carbocycles. The minimum absolute atomic E-state index is 0.205. The van der Waals surface area contributed by atoms with Gasteiger partial charge in [-0.25, -0.2) is 14.8 Å². The molecule has 6 rings (SSSR count). The number of carboxylic acids is 1. The number of hydrogen-bond acceptors (Lipinski definition) is 8. The Morgan fingerprint density at radius 3 is 2.56 bits per heavy atom. The maximum Gasteiger partial charge on any atom is 0.338 e. The van der Waals surface area contributed by atoms with E-state index in [0.717, 1.165) is 41.8 Å². The van der Waals surface area contributed by atoms with Crippen LogP contribution in [0.2, 0.25) is 0 Å². The highest BCUT2D eigenvalue weighted by atomic mass is 32.2. The Morgan fingerprint density at radius 1 is 1.19 bits per heavy atom. The second kappa shape index (κ2) is 12.4. The number of nitrogens with one attached hydrogen (secondary N) is 1. The lowest BCUT2D eigenvalue weighted by molar-refractivity contribution is 0.0696. The molecule has 0 amide bonds. The van der Waals surface area contributed by atoms with Crippen molar-refractivity contribution < 1.29 is 19.4 Å². The zero-order valence-electron chi connectivity index (χ0n) is 24.6. The molecule has 10 heteroatoms. The van der Waals surface area contributed by atoms with Gasteiger partial charge in [0.15, 0.2) is 5.16 Å². The Kier molecular flexibility index (Phi) is 8.43. The van der Waals surface area contributed by atoms with Gasteiger partial charge in [0.25, 0.3) is 0 Å². The lowest BCUT2D eigenvalue weighted by Crippen LogP contribution is -2.32. The third-order valence-electron chi connectivity index (χ3n) is 7.98. The Morgan fingerprint density at radius 2 is 1.93 bits per heavy atom. The highest BCUT2D eigenvalue weighted by Crippen LogP contribution is 2.49. The molecule has 8 nitrogen and oxygen atoms in total. The zero-order valence-corrected chi connectivity index (χ0v) is 26.2. The summed E-state index contributed by atoms with van der Waals surface area (Å²) in [6, 6.07) is 16.1. The molecule has 4 heterocycles. The number of nitrogens with zero attached hydrogens (tertiary/aromatic N) is 3. The summed E-state index contributed by atoms with van der Waals surface area (Å²) in [4.78, 5) is 30.4. The van der Waals surface area contributed by atoms with Crippen LogP contribution in [0.5, 0.6) is 11.5 Å². The van der Waals surface area contributed by atoms with E-state index in [0.29, 0.717) is 27.9 Å². The number of thiophene rings is 1. The fourth-order valence-electron chi connectivity index (χ4n) is 6.02. The van der Waals surface area contributed by atoms with E-state index in [2.05, 4.69) is 46.1 Å². The number of carboxylic acid groups (broad SMARTS) is 1. The second-order valence-corrected chi connectivity index (χ2v) is 13.1. The number of fused-ring (bicyclic) bond motifs is 3. The summed E-state index contributed by atoms with van der Waals surface area (Å²) in [5.74, 6) is 0.417. The number of imidazole rings is 1. The van der Waals surface area contributed by atoms with Crippen LogP contribution in [0.3, 0.4) is 0 Å². The summed E-state index contributed by atoms with van der Waals surface area (Å²) in [6.07, 6.45) is 4.38. The van der Waals surface area contributed by atoms with Crippen molar-refractivity contribution in [3.8, 4) is 22.6 Å². The molecule has 2 atom stereocenters.